The van der Waals surface area contributed by atoms with Crippen LogP contribution in [-0.2, 0) is 0 Å². The smallest absolute Gasteiger partial charge is 0.0289 e. The summed E-state index contributed by atoms with van der Waals surface area (Å²) < 4.78 is 0. The average Bonchev–Trinajstić information content (AvgIpc) is 2.34. The van der Waals surface area contributed by atoms with Gasteiger partial charge in [-0.3, -0.25) is 0 Å². The molecule has 0 amide bonds. The van der Waals surface area contributed by atoms with Gasteiger partial charge in [0.2, 0.25) is 0 Å². The van der Waals surface area contributed by atoms with E-state index in [1.807, 2.05) is 18.8 Å². The average molecular weight is 251 g/mol. The molecular formula is C15H25NS. The molecule has 1 aromatic carbocycles. The van der Waals surface area contributed by atoms with Crippen LogP contribution in [-0.4, -0.2) is 12.8 Å². The van der Waals surface area contributed by atoms with Gasteiger partial charge in [0.15, 0.2) is 0 Å². The normalized spacial score (nSPS) is 13.0. The number of nitrogens with one attached hydrogen (secondary N) is 1. The van der Waals surface area contributed by atoms with Gasteiger partial charge in [0.25, 0.3) is 0 Å². The highest BCUT2D eigenvalue weighted by Crippen LogP contribution is 2.22. The Morgan fingerprint density at radius 2 is 1.76 bits per heavy atom. The SMILES string of the molecule is CNC(C)c1ccc(SCCCC(C)C)cc1. The number of thioether (sulfide) groups is 1. The third kappa shape index (κ3) is 5.60. The Labute approximate surface area is 110 Å². The van der Waals surface area contributed by atoms with Crippen molar-refractivity contribution < 1.29 is 0 Å². The molecular weight excluding hydrogens is 226 g/mol. The minimum Gasteiger partial charge on any atom is -0.313 e. The van der Waals surface area contributed by atoms with E-state index in [2.05, 4.69) is 50.4 Å². The minimum atomic E-state index is 0.440. The molecule has 0 fully saturated rings. The van der Waals surface area contributed by atoms with Crippen molar-refractivity contribution in [2.45, 2.75) is 44.6 Å². The number of hydrogen-bond acceptors (Lipinski definition) is 2. The third-order valence-electron chi connectivity index (χ3n) is 3.01. The van der Waals surface area contributed by atoms with E-state index in [4.69, 9.17) is 0 Å². The van der Waals surface area contributed by atoms with E-state index in [0.29, 0.717) is 6.04 Å². The lowest BCUT2D eigenvalue weighted by molar-refractivity contribution is 0.579. The molecule has 0 spiro atoms. The molecule has 1 nitrogen and oxygen atoms in total. The molecule has 0 aromatic heterocycles. The maximum Gasteiger partial charge on any atom is 0.0289 e. The molecule has 0 saturated carbocycles. The summed E-state index contributed by atoms with van der Waals surface area (Å²) in [5.74, 6) is 2.06. The van der Waals surface area contributed by atoms with Gasteiger partial charge in [-0.15, -0.1) is 11.8 Å². The van der Waals surface area contributed by atoms with E-state index in [-0.39, 0.29) is 0 Å². The predicted molar refractivity (Wildman–Crippen MR) is 78.7 cm³/mol. The molecule has 1 aromatic rings. The second-order valence-electron chi connectivity index (χ2n) is 4.96. The maximum atomic E-state index is 3.26. The van der Waals surface area contributed by atoms with Crippen molar-refractivity contribution in [3.05, 3.63) is 29.8 Å². The first-order valence-corrected chi connectivity index (χ1v) is 7.52. The number of hydrogen-bond donors (Lipinski definition) is 1. The van der Waals surface area contributed by atoms with Crippen LogP contribution in [0.2, 0.25) is 0 Å². The minimum absolute atomic E-state index is 0.440. The molecule has 0 aliphatic heterocycles. The Balaban J connectivity index is 2.35. The van der Waals surface area contributed by atoms with E-state index in [1.54, 1.807) is 0 Å². The summed E-state index contributed by atoms with van der Waals surface area (Å²) in [4.78, 5) is 1.39. The zero-order valence-corrected chi connectivity index (χ0v) is 12.3. The van der Waals surface area contributed by atoms with E-state index in [1.165, 1.54) is 29.1 Å². The van der Waals surface area contributed by atoms with Gasteiger partial charge in [-0.25, -0.2) is 0 Å². The van der Waals surface area contributed by atoms with Crippen LogP contribution in [0, 0.1) is 5.92 Å². The molecule has 96 valence electrons. The van der Waals surface area contributed by atoms with Crippen molar-refractivity contribution in [1.29, 1.82) is 0 Å². The molecule has 1 unspecified atom stereocenters. The van der Waals surface area contributed by atoms with Gasteiger partial charge in [0.1, 0.15) is 0 Å². The quantitative estimate of drug-likeness (QED) is 0.566. The Bertz CT molecular complexity index is 305. The predicted octanol–water partition coefficient (Wildman–Crippen LogP) is 4.50. The molecule has 1 atom stereocenters. The highest BCUT2D eigenvalue weighted by Gasteiger charge is 2.02. The molecule has 2 heteroatoms. The number of rotatable bonds is 7. The van der Waals surface area contributed by atoms with Crippen LogP contribution in [0.1, 0.15) is 45.2 Å². The fourth-order valence-corrected chi connectivity index (χ4v) is 2.58. The van der Waals surface area contributed by atoms with Crippen molar-refractivity contribution in [3.8, 4) is 0 Å². The summed E-state index contributed by atoms with van der Waals surface area (Å²) in [5.41, 5.74) is 1.36. The fourth-order valence-electron chi connectivity index (χ4n) is 1.70. The van der Waals surface area contributed by atoms with Gasteiger partial charge in [0, 0.05) is 10.9 Å². The standard InChI is InChI=1S/C15H25NS/c1-12(2)6-5-11-17-15-9-7-14(8-10-15)13(3)16-4/h7-10,12-13,16H,5-6,11H2,1-4H3. The Hall–Kier alpha value is -0.470. The molecule has 0 aliphatic rings. The highest BCUT2D eigenvalue weighted by atomic mass is 32.2. The first-order valence-electron chi connectivity index (χ1n) is 6.53. The van der Waals surface area contributed by atoms with Crippen LogP contribution >= 0.6 is 11.8 Å². The summed E-state index contributed by atoms with van der Waals surface area (Å²) in [7, 11) is 2.00. The maximum absolute atomic E-state index is 3.26. The first-order chi connectivity index (χ1) is 8.13. The first kappa shape index (κ1) is 14.6. The second-order valence-corrected chi connectivity index (χ2v) is 6.13. The molecule has 1 N–H and O–H groups in total. The van der Waals surface area contributed by atoms with Crippen LogP contribution < -0.4 is 5.32 Å². The summed E-state index contributed by atoms with van der Waals surface area (Å²) in [6, 6.07) is 9.37. The molecule has 0 saturated heterocycles. The van der Waals surface area contributed by atoms with E-state index in [0.717, 1.165) is 5.92 Å². The third-order valence-corrected chi connectivity index (χ3v) is 4.11. The lowest BCUT2D eigenvalue weighted by Gasteiger charge is -2.11. The summed E-state index contributed by atoms with van der Waals surface area (Å²) in [6.45, 7) is 6.77. The van der Waals surface area contributed by atoms with Crippen molar-refractivity contribution in [2.24, 2.45) is 5.92 Å². The molecule has 17 heavy (non-hydrogen) atoms. The fraction of sp³-hybridized carbons (Fsp3) is 0.600. The largest absolute Gasteiger partial charge is 0.313 e. The summed E-state index contributed by atoms with van der Waals surface area (Å²) in [6.07, 6.45) is 2.65. The van der Waals surface area contributed by atoms with Crippen LogP contribution in [0.25, 0.3) is 0 Å². The van der Waals surface area contributed by atoms with Crippen molar-refractivity contribution in [3.63, 3.8) is 0 Å². The van der Waals surface area contributed by atoms with Crippen LogP contribution in [0.3, 0.4) is 0 Å². The highest BCUT2D eigenvalue weighted by molar-refractivity contribution is 7.99. The van der Waals surface area contributed by atoms with Gasteiger partial charge >= 0.3 is 0 Å². The topological polar surface area (TPSA) is 12.0 Å². The lowest BCUT2D eigenvalue weighted by atomic mass is 10.1. The van der Waals surface area contributed by atoms with Gasteiger partial charge < -0.3 is 5.32 Å². The monoisotopic (exact) mass is 251 g/mol. The molecule has 0 aliphatic carbocycles. The van der Waals surface area contributed by atoms with Gasteiger partial charge in [-0.1, -0.05) is 32.4 Å². The van der Waals surface area contributed by atoms with Crippen molar-refractivity contribution >= 4 is 11.8 Å². The van der Waals surface area contributed by atoms with E-state index < -0.39 is 0 Å². The molecule has 0 bridgehead atoms. The Kier molecular flexibility index (Phi) is 6.68. The Morgan fingerprint density at radius 1 is 1.12 bits per heavy atom. The number of benzene rings is 1. The van der Waals surface area contributed by atoms with Gasteiger partial charge in [-0.05, 0) is 49.8 Å². The van der Waals surface area contributed by atoms with E-state index >= 15 is 0 Å². The van der Waals surface area contributed by atoms with E-state index in [9.17, 15) is 0 Å². The van der Waals surface area contributed by atoms with Crippen molar-refractivity contribution in [1.82, 2.24) is 5.32 Å². The molecule has 1 rings (SSSR count). The van der Waals surface area contributed by atoms with Gasteiger partial charge in [-0.2, -0.15) is 0 Å². The summed E-state index contributed by atoms with van der Waals surface area (Å²) in [5, 5.41) is 3.26. The molecule has 0 heterocycles. The van der Waals surface area contributed by atoms with Crippen LogP contribution in [0.5, 0.6) is 0 Å². The summed E-state index contributed by atoms with van der Waals surface area (Å²) >= 11 is 1.97. The zero-order valence-electron chi connectivity index (χ0n) is 11.5. The van der Waals surface area contributed by atoms with Crippen molar-refractivity contribution in [2.75, 3.05) is 12.8 Å². The van der Waals surface area contributed by atoms with Crippen LogP contribution in [0.4, 0.5) is 0 Å². The lowest BCUT2D eigenvalue weighted by Crippen LogP contribution is -2.11. The second kappa shape index (κ2) is 7.78. The van der Waals surface area contributed by atoms with Gasteiger partial charge in [0.05, 0.1) is 0 Å². The van der Waals surface area contributed by atoms with Crippen LogP contribution in [0.15, 0.2) is 29.2 Å². The molecule has 0 radical (unpaired) electrons. The Morgan fingerprint density at radius 3 is 2.29 bits per heavy atom. The zero-order chi connectivity index (χ0) is 12.7.